The molecule has 2 aromatic rings. The van der Waals surface area contributed by atoms with Gasteiger partial charge in [-0.3, -0.25) is 9.59 Å². The monoisotopic (exact) mass is 421 g/mol. The van der Waals surface area contributed by atoms with Crippen molar-refractivity contribution < 1.29 is 9.59 Å². The van der Waals surface area contributed by atoms with Crippen LogP contribution in [0.4, 0.5) is 5.69 Å². The van der Waals surface area contributed by atoms with Crippen molar-refractivity contribution in [3.63, 3.8) is 0 Å². The Morgan fingerprint density at radius 1 is 0.833 bits per heavy atom. The first kappa shape index (κ1) is 20.7. The summed E-state index contributed by atoms with van der Waals surface area (Å²) in [5.41, 5.74) is 4.40. The maximum atomic E-state index is 13.6. The number of hydrogen-bond acceptors (Lipinski definition) is 5. The van der Waals surface area contributed by atoms with Gasteiger partial charge in [0.1, 0.15) is 10.6 Å². The van der Waals surface area contributed by atoms with Gasteiger partial charge in [-0.1, -0.05) is 41.6 Å². The van der Waals surface area contributed by atoms with Crippen LogP contribution in [-0.2, 0) is 9.59 Å². The number of anilines is 1. The van der Waals surface area contributed by atoms with Crippen molar-refractivity contribution in [2.45, 2.75) is 25.7 Å². The number of imide groups is 1. The normalized spacial score (nSPS) is 18.0. The van der Waals surface area contributed by atoms with E-state index in [-0.39, 0.29) is 11.8 Å². The number of hydrogen-bond donors (Lipinski definition) is 0. The molecule has 0 spiro atoms. The fourth-order valence-electron chi connectivity index (χ4n) is 3.82. The molecule has 5 nitrogen and oxygen atoms in total. The topological polar surface area (TPSA) is 43.9 Å². The summed E-state index contributed by atoms with van der Waals surface area (Å²) in [7, 11) is 2.08. The van der Waals surface area contributed by atoms with Gasteiger partial charge in [-0.2, -0.15) is 0 Å². The first-order valence-electron chi connectivity index (χ1n) is 10.2. The van der Waals surface area contributed by atoms with E-state index in [1.54, 1.807) is 0 Å². The van der Waals surface area contributed by atoms with Crippen LogP contribution in [0.15, 0.2) is 58.0 Å². The maximum Gasteiger partial charge on any atom is 0.283 e. The fraction of sp³-hybridized carbons (Fsp3) is 0.333. The Balaban J connectivity index is 1.75. The zero-order valence-corrected chi connectivity index (χ0v) is 18.8. The third-order valence-corrected chi connectivity index (χ3v) is 6.98. The SMILES string of the molecule is Cc1ccc(SC2=C(N3CCN(C)CC3)C(=O)N(c3cccc(C)c3C)C2=O)cc1. The average molecular weight is 422 g/mol. The van der Waals surface area contributed by atoms with E-state index < -0.39 is 0 Å². The average Bonchev–Trinajstić information content (AvgIpc) is 2.96. The minimum atomic E-state index is -0.229. The van der Waals surface area contributed by atoms with Crippen molar-refractivity contribution in [2.75, 3.05) is 38.1 Å². The molecular weight excluding hydrogens is 394 g/mol. The minimum Gasteiger partial charge on any atom is -0.363 e. The highest BCUT2D eigenvalue weighted by Crippen LogP contribution is 2.40. The number of likely N-dealkylation sites (N-methyl/N-ethyl adjacent to an activating group) is 1. The Morgan fingerprint density at radius 3 is 2.17 bits per heavy atom. The molecular formula is C24H27N3O2S. The highest BCUT2D eigenvalue weighted by Gasteiger charge is 2.43. The third kappa shape index (κ3) is 3.77. The van der Waals surface area contributed by atoms with E-state index in [1.165, 1.54) is 22.2 Å². The molecule has 1 saturated heterocycles. The van der Waals surface area contributed by atoms with E-state index in [1.807, 2.05) is 63.2 Å². The van der Waals surface area contributed by atoms with Gasteiger partial charge >= 0.3 is 0 Å². The molecule has 2 heterocycles. The van der Waals surface area contributed by atoms with Gasteiger partial charge in [0.05, 0.1) is 5.69 Å². The van der Waals surface area contributed by atoms with Crippen LogP contribution in [0.3, 0.4) is 0 Å². The van der Waals surface area contributed by atoms with Crippen LogP contribution < -0.4 is 4.90 Å². The van der Waals surface area contributed by atoms with Crippen LogP contribution >= 0.6 is 11.8 Å². The number of aryl methyl sites for hydroxylation is 2. The Kier molecular flexibility index (Phi) is 5.71. The highest BCUT2D eigenvalue weighted by atomic mass is 32.2. The van der Waals surface area contributed by atoms with Gasteiger partial charge in [-0.05, 0) is 57.1 Å². The van der Waals surface area contributed by atoms with Crippen molar-refractivity contribution in [1.29, 1.82) is 0 Å². The van der Waals surface area contributed by atoms with Crippen molar-refractivity contribution in [3.05, 3.63) is 69.8 Å². The van der Waals surface area contributed by atoms with Gasteiger partial charge in [0, 0.05) is 31.1 Å². The number of piperazine rings is 1. The molecule has 2 aliphatic heterocycles. The van der Waals surface area contributed by atoms with Crippen LogP contribution in [0.1, 0.15) is 16.7 Å². The predicted octanol–water partition coefficient (Wildman–Crippen LogP) is 3.74. The second-order valence-electron chi connectivity index (χ2n) is 8.05. The summed E-state index contributed by atoms with van der Waals surface area (Å²) in [5, 5.41) is 0. The van der Waals surface area contributed by atoms with Crippen LogP contribution in [0, 0.1) is 20.8 Å². The zero-order chi connectivity index (χ0) is 21.4. The Morgan fingerprint density at radius 2 is 1.50 bits per heavy atom. The Bertz CT molecular complexity index is 1020. The Hall–Kier alpha value is -2.57. The van der Waals surface area contributed by atoms with E-state index >= 15 is 0 Å². The molecule has 1 fully saturated rings. The molecule has 2 aromatic carbocycles. The van der Waals surface area contributed by atoms with E-state index in [0.717, 1.165) is 42.2 Å². The number of nitrogens with zero attached hydrogens (tertiary/aromatic N) is 3. The molecule has 2 amide bonds. The molecule has 0 radical (unpaired) electrons. The number of carbonyl (C=O) groups excluding carboxylic acids is 2. The van der Waals surface area contributed by atoms with Crippen molar-refractivity contribution in [3.8, 4) is 0 Å². The summed E-state index contributed by atoms with van der Waals surface area (Å²) in [4.78, 5) is 34.3. The number of thioether (sulfide) groups is 1. The lowest BCUT2D eigenvalue weighted by Gasteiger charge is -2.34. The highest BCUT2D eigenvalue weighted by molar-refractivity contribution is 8.04. The molecule has 0 aromatic heterocycles. The third-order valence-electron chi connectivity index (χ3n) is 5.90. The fourth-order valence-corrected chi connectivity index (χ4v) is 4.82. The molecule has 6 heteroatoms. The van der Waals surface area contributed by atoms with Gasteiger partial charge in [-0.15, -0.1) is 0 Å². The molecule has 0 atom stereocenters. The van der Waals surface area contributed by atoms with Crippen molar-refractivity contribution >= 4 is 29.3 Å². The lowest BCUT2D eigenvalue weighted by Crippen LogP contribution is -2.46. The van der Waals surface area contributed by atoms with Crippen LogP contribution in [0.25, 0.3) is 0 Å². The Labute approximate surface area is 182 Å². The number of carbonyl (C=O) groups is 2. The van der Waals surface area contributed by atoms with Gasteiger partial charge in [0.2, 0.25) is 0 Å². The van der Waals surface area contributed by atoms with Crippen LogP contribution in [0.5, 0.6) is 0 Å². The quantitative estimate of drug-likeness (QED) is 0.704. The zero-order valence-electron chi connectivity index (χ0n) is 17.9. The lowest BCUT2D eigenvalue weighted by molar-refractivity contribution is -0.121. The van der Waals surface area contributed by atoms with Crippen LogP contribution in [0.2, 0.25) is 0 Å². The molecule has 0 unspecified atom stereocenters. The lowest BCUT2D eigenvalue weighted by atomic mass is 10.1. The molecule has 0 bridgehead atoms. The minimum absolute atomic E-state index is 0.215. The maximum absolute atomic E-state index is 13.6. The van der Waals surface area contributed by atoms with Crippen molar-refractivity contribution in [1.82, 2.24) is 9.80 Å². The largest absolute Gasteiger partial charge is 0.363 e. The number of amides is 2. The summed E-state index contributed by atoms with van der Waals surface area (Å²) in [6.07, 6.45) is 0. The predicted molar refractivity (Wildman–Crippen MR) is 122 cm³/mol. The molecule has 0 N–H and O–H groups in total. The van der Waals surface area contributed by atoms with E-state index in [2.05, 4.69) is 16.8 Å². The first-order chi connectivity index (χ1) is 14.4. The molecule has 4 rings (SSSR count). The second-order valence-corrected chi connectivity index (χ2v) is 9.13. The summed E-state index contributed by atoms with van der Waals surface area (Å²) >= 11 is 1.40. The summed E-state index contributed by atoms with van der Waals surface area (Å²) in [5.74, 6) is -0.443. The molecule has 2 aliphatic rings. The van der Waals surface area contributed by atoms with E-state index in [0.29, 0.717) is 16.3 Å². The van der Waals surface area contributed by atoms with E-state index in [4.69, 9.17) is 0 Å². The smallest absolute Gasteiger partial charge is 0.283 e. The van der Waals surface area contributed by atoms with Gasteiger partial charge in [0.25, 0.3) is 11.8 Å². The molecule has 156 valence electrons. The summed E-state index contributed by atoms with van der Waals surface area (Å²) in [6.45, 7) is 9.23. The number of benzene rings is 2. The standard InChI is InChI=1S/C24H27N3O2S/c1-16-8-10-19(11-9-16)30-22-21(26-14-12-25(4)13-15-26)23(28)27(24(22)29)20-7-5-6-17(2)18(20)3/h5-11H,12-15H2,1-4H3. The van der Waals surface area contributed by atoms with Gasteiger partial charge in [-0.25, -0.2) is 4.90 Å². The first-order valence-corrected chi connectivity index (χ1v) is 11.1. The van der Waals surface area contributed by atoms with Crippen LogP contribution in [-0.4, -0.2) is 54.8 Å². The molecule has 0 saturated carbocycles. The number of rotatable bonds is 4. The summed E-state index contributed by atoms with van der Waals surface area (Å²) < 4.78 is 0. The second kappa shape index (κ2) is 8.28. The van der Waals surface area contributed by atoms with E-state index in [9.17, 15) is 9.59 Å². The van der Waals surface area contributed by atoms with Crippen molar-refractivity contribution in [2.24, 2.45) is 0 Å². The summed E-state index contributed by atoms with van der Waals surface area (Å²) in [6, 6.07) is 13.8. The molecule has 30 heavy (non-hydrogen) atoms. The molecule has 0 aliphatic carbocycles. The van der Waals surface area contributed by atoms with Gasteiger partial charge < -0.3 is 9.80 Å². The van der Waals surface area contributed by atoms with Gasteiger partial charge in [0.15, 0.2) is 0 Å².